The van der Waals surface area contributed by atoms with Gasteiger partial charge in [0.2, 0.25) is 6.41 Å². The lowest BCUT2D eigenvalue weighted by molar-refractivity contribution is -0.109. The first-order chi connectivity index (χ1) is 11.6. The number of nitrogens with zero attached hydrogens (tertiary/aromatic N) is 2. The summed E-state index contributed by atoms with van der Waals surface area (Å²) in [6, 6.07) is 11.7. The molecule has 1 aromatic carbocycles. The topological polar surface area (TPSA) is 106 Å². The predicted molar refractivity (Wildman–Crippen MR) is 97.1 cm³/mol. The van der Waals surface area contributed by atoms with Crippen LogP contribution in [-0.2, 0) is 11.4 Å². The highest BCUT2D eigenvalue weighted by molar-refractivity contribution is 5.60. The van der Waals surface area contributed by atoms with Crippen LogP contribution in [0.1, 0.15) is 25.1 Å². The zero-order chi connectivity index (χ0) is 18.4. The Kier molecular flexibility index (Phi) is 11.4. The second-order valence-corrected chi connectivity index (χ2v) is 4.43. The van der Waals surface area contributed by atoms with Crippen LogP contribution in [-0.4, -0.2) is 18.4 Å². The summed E-state index contributed by atoms with van der Waals surface area (Å²) in [5.41, 5.74) is 4.57. The van der Waals surface area contributed by atoms with E-state index in [1.54, 1.807) is 23.7 Å². The molecular weight excluding hydrogens is 306 g/mol. The molecule has 0 aliphatic carbocycles. The largest absolute Gasteiger partial charge is 0.485 e. The van der Waals surface area contributed by atoms with Crippen molar-refractivity contribution in [2.24, 2.45) is 11.7 Å². The minimum absolute atomic E-state index is 0.403. The van der Waals surface area contributed by atoms with E-state index in [1.807, 2.05) is 57.2 Å². The molecule has 5 N–H and O–H groups in total. The molecule has 1 heterocycles. The number of nitrogens with one attached hydrogen (secondary N) is 1. The van der Waals surface area contributed by atoms with Gasteiger partial charge in [0, 0.05) is 13.2 Å². The molecule has 2 aromatic rings. The van der Waals surface area contributed by atoms with Gasteiger partial charge in [-0.15, -0.1) is 0 Å². The van der Waals surface area contributed by atoms with Crippen molar-refractivity contribution in [2.75, 3.05) is 12.1 Å². The molecule has 0 aliphatic heterocycles. The molecule has 0 fully saturated rings. The van der Waals surface area contributed by atoms with Gasteiger partial charge >= 0.3 is 0 Å². The number of hydrazine groups is 2. The van der Waals surface area contributed by atoms with Gasteiger partial charge in [-0.3, -0.25) is 15.2 Å². The van der Waals surface area contributed by atoms with Crippen molar-refractivity contribution in [3.63, 3.8) is 0 Å². The summed E-state index contributed by atoms with van der Waals surface area (Å²) in [5.74, 6) is 11.0. The van der Waals surface area contributed by atoms with Crippen molar-refractivity contribution in [2.45, 2.75) is 27.4 Å². The van der Waals surface area contributed by atoms with Crippen molar-refractivity contribution >= 4 is 12.1 Å². The summed E-state index contributed by atoms with van der Waals surface area (Å²) in [7, 11) is 1.79. The third-order valence-corrected chi connectivity index (χ3v) is 2.73. The van der Waals surface area contributed by atoms with Gasteiger partial charge in [0.05, 0.1) is 11.4 Å². The Morgan fingerprint density at radius 1 is 1.25 bits per heavy atom. The number of benzene rings is 1. The number of carbonyl (C=O) groups is 1. The van der Waals surface area contributed by atoms with E-state index in [9.17, 15) is 0 Å². The fourth-order valence-electron chi connectivity index (χ4n) is 1.73. The molecule has 7 nitrogen and oxygen atoms in total. The Balaban J connectivity index is 0.000000773. The lowest BCUT2D eigenvalue weighted by atomic mass is 10.2. The molecule has 0 saturated carbocycles. The van der Waals surface area contributed by atoms with Gasteiger partial charge in [-0.05, 0) is 30.7 Å². The van der Waals surface area contributed by atoms with Crippen LogP contribution >= 0.6 is 0 Å². The molecule has 0 spiro atoms. The molecule has 7 heteroatoms. The summed E-state index contributed by atoms with van der Waals surface area (Å²) in [6.45, 7) is 6.44. The van der Waals surface area contributed by atoms with Gasteiger partial charge < -0.3 is 9.75 Å². The highest BCUT2D eigenvalue weighted by atomic mass is 16.5. The van der Waals surface area contributed by atoms with E-state index in [1.165, 1.54) is 0 Å². The lowest BCUT2D eigenvalue weighted by Gasteiger charge is -2.19. The van der Waals surface area contributed by atoms with Crippen molar-refractivity contribution in [3.05, 3.63) is 53.9 Å². The molecule has 0 saturated heterocycles. The molecule has 0 atom stereocenters. The van der Waals surface area contributed by atoms with Crippen LogP contribution < -0.4 is 26.9 Å². The van der Waals surface area contributed by atoms with E-state index in [0.29, 0.717) is 13.0 Å². The molecule has 0 unspecified atom stereocenters. The molecule has 0 aliphatic rings. The van der Waals surface area contributed by atoms with Gasteiger partial charge in [-0.25, -0.2) is 11.7 Å². The van der Waals surface area contributed by atoms with Crippen LogP contribution in [0.4, 0.5) is 5.69 Å². The number of aryl methyl sites for hydroxylation is 1. The number of para-hydroxylation sites is 1. The van der Waals surface area contributed by atoms with Crippen LogP contribution in [0, 0.1) is 6.92 Å². The zero-order valence-corrected chi connectivity index (χ0v) is 14.7. The van der Waals surface area contributed by atoms with E-state index in [2.05, 4.69) is 10.8 Å². The van der Waals surface area contributed by atoms with E-state index in [-0.39, 0.29) is 0 Å². The summed E-state index contributed by atoms with van der Waals surface area (Å²) in [6.07, 6.45) is 2.16. The molecule has 1 aromatic heterocycles. The number of ether oxygens (including phenoxy) is 1. The highest BCUT2D eigenvalue weighted by Crippen LogP contribution is 2.30. The Labute approximate surface area is 143 Å². The normalized spacial score (nSPS) is 8.75. The number of anilines is 1. The van der Waals surface area contributed by atoms with Gasteiger partial charge in [0.1, 0.15) is 12.4 Å². The first-order valence-corrected chi connectivity index (χ1v) is 7.60. The smallest absolute Gasteiger partial charge is 0.221 e. The van der Waals surface area contributed by atoms with Crippen molar-refractivity contribution in [3.8, 4) is 5.75 Å². The Morgan fingerprint density at radius 3 is 2.42 bits per heavy atom. The first kappa shape index (κ1) is 21.4. The SMILES string of the molecule is CC.Cc1cccc(N(C)N)c1OCc1ccccn1.NNC=O. The molecule has 24 heavy (non-hydrogen) atoms. The Bertz CT molecular complexity index is 576. The van der Waals surface area contributed by atoms with E-state index in [0.717, 1.165) is 22.7 Å². The van der Waals surface area contributed by atoms with Crippen molar-refractivity contribution in [1.82, 2.24) is 10.4 Å². The highest BCUT2D eigenvalue weighted by Gasteiger charge is 2.09. The molecular formula is C17H27N5O2. The summed E-state index contributed by atoms with van der Waals surface area (Å²) in [4.78, 5) is 13.2. The first-order valence-electron chi connectivity index (χ1n) is 7.60. The van der Waals surface area contributed by atoms with Gasteiger partial charge in [0.15, 0.2) is 0 Å². The second kappa shape index (κ2) is 12.9. The van der Waals surface area contributed by atoms with Crippen molar-refractivity contribution in [1.29, 1.82) is 0 Å². The minimum atomic E-state index is 0.403. The van der Waals surface area contributed by atoms with E-state index < -0.39 is 0 Å². The third-order valence-electron chi connectivity index (χ3n) is 2.73. The predicted octanol–water partition coefficient (Wildman–Crippen LogP) is 1.91. The van der Waals surface area contributed by atoms with Crippen LogP contribution in [0.15, 0.2) is 42.6 Å². The average molecular weight is 333 g/mol. The van der Waals surface area contributed by atoms with Crippen LogP contribution in [0.25, 0.3) is 0 Å². The number of rotatable bonds is 5. The maximum Gasteiger partial charge on any atom is 0.221 e. The monoisotopic (exact) mass is 333 g/mol. The number of hydrogen-bond acceptors (Lipinski definition) is 6. The van der Waals surface area contributed by atoms with E-state index in [4.69, 9.17) is 15.4 Å². The quantitative estimate of drug-likeness (QED) is 0.334. The third kappa shape index (κ3) is 7.57. The van der Waals surface area contributed by atoms with Crippen molar-refractivity contribution < 1.29 is 9.53 Å². The lowest BCUT2D eigenvalue weighted by Crippen LogP contribution is -2.25. The Morgan fingerprint density at radius 2 is 1.92 bits per heavy atom. The number of hydrogen-bond donors (Lipinski definition) is 3. The molecule has 2 rings (SSSR count). The van der Waals surface area contributed by atoms with Crippen LogP contribution in [0.3, 0.4) is 0 Å². The molecule has 1 amide bonds. The van der Waals surface area contributed by atoms with Gasteiger partial charge in [-0.2, -0.15) is 0 Å². The van der Waals surface area contributed by atoms with Crippen LogP contribution in [0.5, 0.6) is 5.75 Å². The standard InChI is InChI=1S/C14H17N3O.C2H6.CH4N2O/c1-11-6-5-8-13(17(2)15)14(11)18-10-12-7-3-4-9-16-12;1-2;2-3-1-4/h3-9H,10,15H2,1-2H3;1-2H3;1H,2H2,(H,3,4). The number of pyridine rings is 1. The fraction of sp³-hybridized carbons (Fsp3) is 0.294. The second-order valence-electron chi connectivity index (χ2n) is 4.43. The number of amides is 1. The number of nitrogens with two attached hydrogens (primary N) is 2. The molecule has 0 radical (unpaired) electrons. The average Bonchev–Trinajstić information content (AvgIpc) is 2.63. The summed E-state index contributed by atoms with van der Waals surface area (Å²) in [5, 5.41) is 1.56. The number of aromatic nitrogens is 1. The Hall–Kier alpha value is -2.64. The van der Waals surface area contributed by atoms with Crippen LogP contribution in [0.2, 0.25) is 0 Å². The minimum Gasteiger partial charge on any atom is -0.485 e. The summed E-state index contributed by atoms with van der Waals surface area (Å²) < 4.78 is 5.83. The fourth-order valence-corrected chi connectivity index (χ4v) is 1.73. The maximum atomic E-state index is 8.94. The molecule has 0 bridgehead atoms. The maximum absolute atomic E-state index is 8.94. The summed E-state index contributed by atoms with van der Waals surface area (Å²) >= 11 is 0. The van der Waals surface area contributed by atoms with Gasteiger partial charge in [-0.1, -0.05) is 32.0 Å². The zero-order valence-electron chi connectivity index (χ0n) is 14.7. The van der Waals surface area contributed by atoms with Gasteiger partial charge in [0.25, 0.3) is 0 Å². The molecule has 132 valence electrons. The number of carbonyl (C=O) groups excluding carboxylic acids is 1. The van der Waals surface area contributed by atoms with E-state index >= 15 is 0 Å².